The summed E-state index contributed by atoms with van der Waals surface area (Å²) in [5, 5.41) is 28.7. The van der Waals surface area contributed by atoms with Crippen LogP contribution in [0.15, 0.2) is 0 Å². The van der Waals surface area contributed by atoms with E-state index in [-0.39, 0.29) is 12.6 Å². The minimum Gasteiger partial charge on any atom is -0.481 e. The van der Waals surface area contributed by atoms with Gasteiger partial charge in [-0.05, 0) is 69.1 Å². The van der Waals surface area contributed by atoms with Crippen LogP contribution in [0.3, 0.4) is 0 Å². The van der Waals surface area contributed by atoms with Gasteiger partial charge in [-0.1, -0.05) is 44.9 Å². The molecule has 2 unspecified atom stereocenters. The molecule has 0 bridgehead atoms. The standard InChI is InChI=1S/C27H47NO7S/c1-36(34,35)17-4-2-3-6-19-11-15-22(16-12-19)28-24(18-25(28)29)21-13-9-20(10-14-21)7-5-8-23(26(30)31)27(32)33/h19-25,29H,2-18H2,1H3,(H,30,31)(H,32,33). The first-order valence-electron chi connectivity index (χ1n) is 14.1. The first kappa shape index (κ1) is 29.4. The van der Waals surface area contributed by atoms with Crippen molar-refractivity contribution in [2.45, 2.75) is 121 Å². The molecule has 8 nitrogen and oxygen atoms in total. The first-order chi connectivity index (χ1) is 17.0. The fourth-order valence-corrected chi connectivity index (χ4v) is 7.75. The zero-order chi connectivity index (χ0) is 26.3. The molecule has 0 spiro atoms. The lowest BCUT2D eigenvalue weighted by molar-refractivity contribution is -0.171. The Kier molecular flexibility index (Phi) is 11.1. The zero-order valence-electron chi connectivity index (χ0n) is 21.9. The molecule has 36 heavy (non-hydrogen) atoms. The van der Waals surface area contributed by atoms with E-state index in [2.05, 4.69) is 4.90 Å². The van der Waals surface area contributed by atoms with Crippen LogP contribution >= 0.6 is 0 Å². The summed E-state index contributed by atoms with van der Waals surface area (Å²) in [4.78, 5) is 24.5. The highest BCUT2D eigenvalue weighted by atomic mass is 32.2. The third-order valence-electron chi connectivity index (χ3n) is 9.18. The van der Waals surface area contributed by atoms with Crippen molar-refractivity contribution in [1.29, 1.82) is 0 Å². The predicted octanol–water partition coefficient (Wildman–Crippen LogP) is 4.31. The molecule has 3 aliphatic rings. The van der Waals surface area contributed by atoms with E-state index in [1.54, 1.807) is 0 Å². The highest BCUT2D eigenvalue weighted by molar-refractivity contribution is 7.90. The van der Waals surface area contributed by atoms with E-state index in [0.29, 0.717) is 36.1 Å². The number of carboxylic acid groups (broad SMARTS) is 2. The Morgan fingerprint density at radius 1 is 0.833 bits per heavy atom. The van der Waals surface area contributed by atoms with Crippen LogP contribution in [-0.4, -0.2) is 70.9 Å². The number of hydrogen-bond acceptors (Lipinski definition) is 6. The summed E-state index contributed by atoms with van der Waals surface area (Å²) in [6, 6.07) is 0.948. The summed E-state index contributed by atoms with van der Waals surface area (Å²) in [6.45, 7) is 0. The Labute approximate surface area is 216 Å². The summed E-state index contributed by atoms with van der Waals surface area (Å²) in [7, 11) is -2.85. The molecule has 1 saturated heterocycles. The largest absolute Gasteiger partial charge is 0.481 e. The highest BCUT2D eigenvalue weighted by Gasteiger charge is 2.46. The topological polar surface area (TPSA) is 132 Å². The molecule has 9 heteroatoms. The van der Waals surface area contributed by atoms with Gasteiger partial charge in [-0.25, -0.2) is 8.42 Å². The van der Waals surface area contributed by atoms with Gasteiger partial charge >= 0.3 is 11.9 Å². The average Bonchev–Trinajstić information content (AvgIpc) is 2.80. The van der Waals surface area contributed by atoms with E-state index < -0.39 is 27.7 Å². The van der Waals surface area contributed by atoms with Crippen LogP contribution in [0.2, 0.25) is 0 Å². The molecule has 2 aliphatic carbocycles. The molecule has 1 aliphatic heterocycles. The second kappa shape index (κ2) is 13.6. The van der Waals surface area contributed by atoms with Crippen LogP contribution < -0.4 is 0 Å². The van der Waals surface area contributed by atoms with Crippen molar-refractivity contribution in [2.24, 2.45) is 23.7 Å². The minimum atomic E-state index is -2.85. The summed E-state index contributed by atoms with van der Waals surface area (Å²) in [6.07, 6.45) is 16.9. The maximum Gasteiger partial charge on any atom is 0.317 e. The van der Waals surface area contributed by atoms with Gasteiger partial charge in [0.1, 0.15) is 16.1 Å². The van der Waals surface area contributed by atoms with E-state index in [4.69, 9.17) is 10.2 Å². The highest BCUT2D eigenvalue weighted by Crippen LogP contribution is 2.44. The Bertz CT molecular complexity index is 802. The van der Waals surface area contributed by atoms with Crippen molar-refractivity contribution in [3.63, 3.8) is 0 Å². The SMILES string of the molecule is CS(=O)(=O)CCCCCC1CCC(N2C(O)CC2C2CCC(CCCC(C(=O)O)C(=O)O)CC2)CC1. The molecule has 0 radical (unpaired) electrons. The number of sulfone groups is 1. The van der Waals surface area contributed by atoms with E-state index >= 15 is 0 Å². The van der Waals surface area contributed by atoms with E-state index in [0.717, 1.165) is 76.5 Å². The quantitative estimate of drug-likeness (QED) is 0.224. The van der Waals surface area contributed by atoms with Gasteiger partial charge in [0.2, 0.25) is 0 Å². The summed E-state index contributed by atoms with van der Waals surface area (Å²) < 4.78 is 22.5. The molecule has 0 amide bonds. The first-order valence-corrected chi connectivity index (χ1v) is 16.2. The lowest BCUT2D eigenvalue weighted by Gasteiger charge is -2.55. The van der Waals surface area contributed by atoms with Crippen molar-refractivity contribution in [2.75, 3.05) is 12.0 Å². The van der Waals surface area contributed by atoms with Crippen LogP contribution in [0.1, 0.15) is 103 Å². The molecule has 1 heterocycles. The predicted molar refractivity (Wildman–Crippen MR) is 138 cm³/mol. The second-order valence-electron chi connectivity index (χ2n) is 11.8. The Morgan fingerprint density at radius 2 is 1.39 bits per heavy atom. The fourth-order valence-electron chi connectivity index (χ4n) is 7.02. The Hall–Kier alpha value is -1.19. The number of carboxylic acids is 2. The maximum absolute atomic E-state index is 11.3. The lowest BCUT2D eigenvalue weighted by atomic mass is 9.71. The van der Waals surface area contributed by atoms with Gasteiger partial charge in [0.15, 0.2) is 5.92 Å². The number of carbonyl (C=O) groups is 2. The number of likely N-dealkylation sites (tertiary alicyclic amines) is 1. The molecule has 0 aromatic rings. The molecular formula is C27H47NO7S. The van der Waals surface area contributed by atoms with Gasteiger partial charge in [-0.3, -0.25) is 14.5 Å². The number of hydrogen-bond donors (Lipinski definition) is 3. The molecular weight excluding hydrogens is 482 g/mol. The molecule has 3 rings (SSSR count). The maximum atomic E-state index is 11.3. The minimum absolute atomic E-state index is 0.205. The molecule has 0 aromatic carbocycles. The van der Waals surface area contributed by atoms with Crippen molar-refractivity contribution in [1.82, 2.24) is 4.90 Å². The Balaban J connectivity index is 1.33. The van der Waals surface area contributed by atoms with Gasteiger partial charge in [0.05, 0.1) is 0 Å². The van der Waals surface area contributed by atoms with E-state index in [1.165, 1.54) is 25.5 Å². The molecule has 0 aromatic heterocycles. The molecule has 2 atom stereocenters. The third kappa shape index (κ3) is 8.69. The summed E-state index contributed by atoms with van der Waals surface area (Å²) in [5.41, 5.74) is 0. The van der Waals surface area contributed by atoms with E-state index in [9.17, 15) is 23.1 Å². The van der Waals surface area contributed by atoms with Gasteiger partial charge in [0, 0.05) is 30.5 Å². The molecule has 3 N–H and O–H groups in total. The van der Waals surface area contributed by atoms with Crippen LogP contribution in [-0.2, 0) is 19.4 Å². The average molecular weight is 530 g/mol. The van der Waals surface area contributed by atoms with Crippen molar-refractivity contribution < 1.29 is 33.3 Å². The van der Waals surface area contributed by atoms with Crippen LogP contribution in [0, 0.1) is 23.7 Å². The van der Waals surface area contributed by atoms with Crippen LogP contribution in [0.4, 0.5) is 0 Å². The normalized spacial score (nSPS) is 31.8. The monoisotopic (exact) mass is 529 g/mol. The van der Waals surface area contributed by atoms with Crippen molar-refractivity contribution in [3.8, 4) is 0 Å². The number of unbranched alkanes of at least 4 members (excludes halogenated alkanes) is 2. The van der Waals surface area contributed by atoms with E-state index in [1.807, 2.05) is 0 Å². The number of aliphatic carboxylic acids is 2. The van der Waals surface area contributed by atoms with Gasteiger partial charge in [-0.15, -0.1) is 0 Å². The number of rotatable bonds is 14. The fraction of sp³-hybridized carbons (Fsp3) is 0.926. The summed E-state index contributed by atoms with van der Waals surface area (Å²) in [5.74, 6) is -1.58. The number of aliphatic hydroxyl groups excluding tert-OH is 1. The van der Waals surface area contributed by atoms with Gasteiger partial charge < -0.3 is 15.3 Å². The van der Waals surface area contributed by atoms with Crippen LogP contribution in [0.25, 0.3) is 0 Å². The van der Waals surface area contributed by atoms with Crippen LogP contribution in [0.5, 0.6) is 0 Å². The lowest BCUT2D eigenvalue weighted by Crippen LogP contribution is -2.63. The van der Waals surface area contributed by atoms with Crippen molar-refractivity contribution in [3.05, 3.63) is 0 Å². The summed E-state index contributed by atoms with van der Waals surface area (Å²) >= 11 is 0. The van der Waals surface area contributed by atoms with Crippen molar-refractivity contribution >= 4 is 21.8 Å². The zero-order valence-corrected chi connectivity index (χ0v) is 22.7. The molecule has 2 saturated carbocycles. The number of nitrogens with zero attached hydrogens (tertiary/aromatic N) is 1. The number of aliphatic hydroxyl groups is 1. The van der Waals surface area contributed by atoms with Gasteiger partial charge in [-0.2, -0.15) is 0 Å². The molecule has 3 fully saturated rings. The second-order valence-corrected chi connectivity index (χ2v) is 14.1. The van der Waals surface area contributed by atoms with Gasteiger partial charge in [0.25, 0.3) is 0 Å². The third-order valence-corrected chi connectivity index (χ3v) is 10.2. The Morgan fingerprint density at radius 3 is 1.92 bits per heavy atom. The molecule has 208 valence electrons. The smallest absolute Gasteiger partial charge is 0.317 e.